The molecule has 28 heavy (non-hydrogen) atoms. The second-order valence-electron chi connectivity index (χ2n) is 6.51. The zero-order valence-electron chi connectivity index (χ0n) is 15.8. The molecule has 8 nitrogen and oxygen atoms in total. The van der Waals surface area contributed by atoms with Crippen LogP contribution < -0.4 is 4.72 Å². The Kier molecular flexibility index (Phi) is 5.93. The lowest BCUT2D eigenvalue weighted by molar-refractivity contribution is -0.114. The highest BCUT2D eigenvalue weighted by Crippen LogP contribution is 2.22. The average Bonchev–Trinajstić information content (AvgIpc) is 3.23. The molecule has 0 aliphatic heterocycles. The Labute approximate surface area is 163 Å². The van der Waals surface area contributed by atoms with Crippen LogP contribution in [0, 0.1) is 6.92 Å². The topological polar surface area (TPSA) is 110 Å². The van der Waals surface area contributed by atoms with Crippen molar-refractivity contribution >= 4 is 33.0 Å². The summed E-state index contributed by atoms with van der Waals surface area (Å²) in [5.74, 6) is -0.156. The summed E-state index contributed by atoms with van der Waals surface area (Å²) < 4.78 is 27.8. The molecule has 2 N–H and O–H groups in total. The number of aryl methyl sites for hydroxylation is 1. The Morgan fingerprint density at radius 1 is 1.32 bits per heavy atom. The van der Waals surface area contributed by atoms with Crippen LogP contribution in [0.25, 0.3) is 22.9 Å². The van der Waals surface area contributed by atoms with Gasteiger partial charge in [-0.1, -0.05) is 19.8 Å². The van der Waals surface area contributed by atoms with Crippen molar-refractivity contribution in [1.29, 1.82) is 0 Å². The molecule has 148 valence electrons. The standard InChI is InChI=1S/C19H23N5O3S/c1-3-4-5-13-28(26,27)23-17(25)9-8-16-14(2)21-22-19(16)24-12-10-15-7-6-11-20-18(15)24/h6-12H,3-5,13H2,1-2H3,(H,21,22)(H,23,25)/b9-8+. The first kappa shape index (κ1) is 19.8. The number of hydrogen-bond donors (Lipinski definition) is 2. The minimum atomic E-state index is -3.63. The lowest BCUT2D eigenvalue weighted by Gasteiger charge is -2.04. The van der Waals surface area contributed by atoms with Gasteiger partial charge in [-0.15, -0.1) is 0 Å². The smallest absolute Gasteiger partial charge is 0.257 e. The molecule has 0 bridgehead atoms. The van der Waals surface area contributed by atoms with Crippen molar-refractivity contribution in [2.24, 2.45) is 0 Å². The van der Waals surface area contributed by atoms with Crippen LogP contribution >= 0.6 is 0 Å². The van der Waals surface area contributed by atoms with Crippen LogP contribution in [0.4, 0.5) is 0 Å². The van der Waals surface area contributed by atoms with E-state index in [1.807, 2.05) is 42.8 Å². The monoisotopic (exact) mass is 401 g/mol. The highest BCUT2D eigenvalue weighted by atomic mass is 32.2. The number of aromatic amines is 1. The largest absolute Gasteiger partial charge is 0.283 e. The predicted octanol–water partition coefficient (Wildman–Crippen LogP) is 2.71. The Balaban J connectivity index is 1.80. The van der Waals surface area contributed by atoms with Crippen LogP contribution in [0.5, 0.6) is 0 Å². The van der Waals surface area contributed by atoms with Crippen LogP contribution in [0.1, 0.15) is 37.4 Å². The number of carbonyl (C=O) groups is 1. The van der Waals surface area contributed by atoms with Gasteiger partial charge >= 0.3 is 0 Å². The van der Waals surface area contributed by atoms with Gasteiger partial charge in [0.15, 0.2) is 5.82 Å². The first-order valence-electron chi connectivity index (χ1n) is 9.11. The van der Waals surface area contributed by atoms with E-state index in [4.69, 9.17) is 0 Å². The molecule has 0 spiro atoms. The van der Waals surface area contributed by atoms with E-state index in [0.29, 0.717) is 17.8 Å². The summed E-state index contributed by atoms with van der Waals surface area (Å²) in [5, 5.41) is 8.17. The van der Waals surface area contributed by atoms with Crippen molar-refractivity contribution in [1.82, 2.24) is 24.5 Å². The fourth-order valence-electron chi connectivity index (χ4n) is 2.88. The average molecular weight is 401 g/mol. The van der Waals surface area contributed by atoms with Gasteiger partial charge in [0, 0.05) is 35.1 Å². The molecule has 0 unspecified atom stereocenters. The van der Waals surface area contributed by atoms with E-state index in [1.165, 1.54) is 6.08 Å². The van der Waals surface area contributed by atoms with E-state index >= 15 is 0 Å². The summed E-state index contributed by atoms with van der Waals surface area (Å²) in [6.07, 6.45) is 8.56. The molecule has 0 aromatic carbocycles. The van der Waals surface area contributed by atoms with Crippen molar-refractivity contribution in [3.05, 3.63) is 47.9 Å². The first-order chi connectivity index (χ1) is 13.4. The molecular formula is C19H23N5O3S. The van der Waals surface area contributed by atoms with Gasteiger partial charge in [-0.2, -0.15) is 5.10 Å². The van der Waals surface area contributed by atoms with E-state index in [9.17, 15) is 13.2 Å². The Bertz CT molecular complexity index is 1110. The predicted molar refractivity (Wildman–Crippen MR) is 108 cm³/mol. The van der Waals surface area contributed by atoms with Crippen molar-refractivity contribution in [2.75, 3.05) is 5.75 Å². The molecule has 0 aliphatic carbocycles. The van der Waals surface area contributed by atoms with Crippen LogP contribution in [0.2, 0.25) is 0 Å². The number of aromatic nitrogens is 4. The molecule has 3 aromatic heterocycles. The summed E-state index contributed by atoms with van der Waals surface area (Å²) in [4.78, 5) is 16.5. The molecule has 3 rings (SSSR count). The van der Waals surface area contributed by atoms with Gasteiger partial charge in [0.05, 0.1) is 5.75 Å². The van der Waals surface area contributed by atoms with Gasteiger partial charge in [-0.25, -0.2) is 18.1 Å². The zero-order chi connectivity index (χ0) is 20.1. The maximum Gasteiger partial charge on any atom is 0.257 e. The molecule has 3 aromatic rings. The van der Waals surface area contributed by atoms with Crippen LogP contribution in [0.15, 0.2) is 36.7 Å². The molecule has 0 aliphatic rings. The quantitative estimate of drug-likeness (QED) is 0.445. The molecule has 3 heterocycles. The van der Waals surface area contributed by atoms with Crippen LogP contribution in [0.3, 0.4) is 0 Å². The number of carbonyl (C=O) groups excluding carboxylic acids is 1. The summed E-state index contributed by atoms with van der Waals surface area (Å²) in [5.41, 5.74) is 2.18. The van der Waals surface area contributed by atoms with Gasteiger partial charge in [-0.05, 0) is 37.6 Å². The number of nitrogens with zero attached hydrogens (tertiary/aromatic N) is 3. The highest BCUT2D eigenvalue weighted by Gasteiger charge is 2.15. The lowest BCUT2D eigenvalue weighted by Crippen LogP contribution is -2.31. The van der Waals surface area contributed by atoms with E-state index in [-0.39, 0.29) is 5.75 Å². The fourth-order valence-corrected chi connectivity index (χ4v) is 3.95. The highest BCUT2D eigenvalue weighted by molar-refractivity contribution is 7.90. The molecule has 0 atom stereocenters. The van der Waals surface area contributed by atoms with Crippen molar-refractivity contribution in [3.8, 4) is 5.82 Å². The number of unbranched alkanes of at least 4 members (excludes halogenated alkanes) is 2. The third kappa shape index (κ3) is 4.48. The van der Waals surface area contributed by atoms with Crippen molar-refractivity contribution < 1.29 is 13.2 Å². The van der Waals surface area contributed by atoms with Gasteiger partial charge in [-0.3, -0.25) is 14.5 Å². The van der Waals surface area contributed by atoms with Crippen LogP contribution in [-0.2, 0) is 14.8 Å². The minimum Gasteiger partial charge on any atom is -0.283 e. The maximum atomic E-state index is 12.1. The number of rotatable bonds is 8. The molecular weight excluding hydrogens is 378 g/mol. The molecule has 0 radical (unpaired) electrons. The number of sulfonamides is 1. The summed E-state index contributed by atoms with van der Waals surface area (Å²) >= 11 is 0. The fraction of sp³-hybridized carbons (Fsp3) is 0.316. The molecule has 0 saturated carbocycles. The summed E-state index contributed by atoms with van der Waals surface area (Å²) in [7, 11) is -3.63. The lowest BCUT2D eigenvalue weighted by atomic mass is 10.2. The van der Waals surface area contributed by atoms with Crippen LogP contribution in [-0.4, -0.2) is 39.8 Å². The van der Waals surface area contributed by atoms with E-state index in [0.717, 1.165) is 29.6 Å². The number of nitrogens with one attached hydrogen (secondary N) is 2. The second-order valence-corrected chi connectivity index (χ2v) is 8.36. The SMILES string of the molecule is CCCCCS(=O)(=O)NC(=O)/C=C/c1c(-n2ccc3cccnc32)n[nH]c1C. The van der Waals surface area contributed by atoms with Gasteiger partial charge < -0.3 is 0 Å². The van der Waals surface area contributed by atoms with Gasteiger partial charge in [0.2, 0.25) is 10.0 Å². The Morgan fingerprint density at radius 3 is 2.93 bits per heavy atom. The minimum absolute atomic E-state index is 0.0581. The molecule has 9 heteroatoms. The summed E-state index contributed by atoms with van der Waals surface area (Å²) in [6, 6.07) is 5.73. The first-order valence-corrected chi connectivity index (χ1v) is 10.8. The third-order valence-corrected chi connectivity index (χ3v) is 5.66. The normalized spacial score (nSPS) is 12.1. The van der Waals surface area contributed by atoms with Gasteiger partial charge in [0.1, 0.15) is 5.65 Å². The molecule has 0 fully saturated rings. The number of H-pyrrole nitrogens is 1. The number of pyridine rings is 1. The summed E-state index contributed by atoms with van der Waals surface area (Å²) in [6.45, 7) is 3.82. The van der Waals surface area contributed by atoms with Gasteiger partial charge in [0.25, 0.3) is 5.91 Å². The molecule has 1 amide bonds. The van der Waals surface area contributed by atoms with E-state index in [1.54, 1.807) is 12.3 Å². The molecule has 0 saturated heterocycles. The van der Waals surface area contributed by atoms with Crippen molar-refractivity contribution in [2.45, 2.75) is 33.1 Å². The number of fused-ring (bicyclic) bond motifs is 1. The van der Waals surface area contributed by atoms with Crippen molar-refractivity contribution in [3.63, 3.8) is 0 Å². The third-order valence-electron chi connectivity index (χ3n) is 4.32. The van der Waals surface area contributed by atoms with E-state index in [2.05, 4.69) is 19.9 Å². The number of amides is 1. The zero-order valence-corrected chi connectivity index (χ0v) is 16.7. The maximum absolute atomic E-state index is 12.1. The second kappa shape index (κ2) is 8.39. The Morgan fingerprint density at radius 2 is 2.14 bits per heavy atom. The van der Waals surface area contributed by atoms with E-state index < -0.39 is 15.9 Å². The number of hydrogen-bond acceptors (Lipinski definition) is 5. The Hall–Kier alpha value is -2.94.